The summed E-state index contributed by atoms with van der Waals surface area (Å²) < 4.78 is 5.81. The first kappa shape index (κ1) is 12.1. The van der Waals surface area contributed by atoms with Crippen LogP contribution in [0.3, 0.4) is 0 Å². The van der Waals surface area contributed by atoms with Crippen molar-refractivity contribution in [2.45, 2.75) is 25.7 Å². The SMILES string of the molecule is OB(O)c1cccc(OCC2CC3CCC2C3)c1. The van der Waals surface area contributed by atoms with E-state index < -0.39 is 7.12 Å². The summed E-state index contributed by atoms with van der Waals surface area (Å²) in [6, 6.07) is 7.07. The summed E-state index contributed by atoms with van der Waals surface area (Å²) in [5.41, 5.74) is 0.487. The Morgan fingerprint density at radius 1 is 1.22 bits per heavy atom. The van der Waals surface area contributed by atoms with Crippen molar-refractivity contribution in [1.29, 1.82) is 0 Å². The average Bonchev–Trinajstić information content (AvgIpc) is 2.99. The number of hydrogen-bond acceptors (Lipinski definition) is 3. The van der Waals surface area contributed by atoms with Crippen molar-refractivity contribution in [3.63, 3.8) is 0 Å². The largest absolute Gasteiger partial charge is 0.493 e. The molecule has 3 rings (SSSR count). The molecule has 0 saturated heterocycles. The lowest BCUT2D eigenvalue weighted by molar-refractivity contribution is 0.195. The first-order chi connectivity index (χ1) is 8.72. The molecule has 3 nitrogen and oxygen atoms in total. The molecule has 3 atom stereocenters. The number of benzene rings is 1. The maximum absolute atomic E-state index is 9.11. The van der Waals surface area contributed by atoms with Crippen LogP contribution in [-0.4, -0.2) is 23.8 Å². The Balaban J connectivity index is 1.58. The van der Waals surface area contributed by atoms with Crippen molar-refractivity contribution >= 4 is 12.6 Å². The molecular formula is C14H19BO3. The molecule has 18 heavy (non-hydrogen) atoms. The monoisotopic (exact) mass is 246 g/mol. The van der Waals surface area contributed by atoms with Crippen molar-refractivity contribution < 1.29 is 14.8 Å². The highest BCUT2D eigenvalue weighted by molar-refractivity contribution is 6.58. The van der Waals surface area contributed by atoms with Crippen LogP contribution in [0.2, 0.25) is 0 Å². The van der Waals surface area contributed by atoms with E-state index in [1.807, 2.05) is 6.07 Å². The summed E-state index contributed by atoms with van der Waals surface area (Å²) in [6.45, 7) is 0.770. The van der Waals surface area contributed by atoms with Crippen LogP contribution in [0, 0.1) is 17.8 Å². The van der Waals surface area contributed by atoms with Crippen LogP contribution in [0.15, 0.2) is 24.3 Å². The average molecular weight is 246 g/mol. The summed E-state index contributed by atoms with van der Waals surface area (Å²) in [5.74, 6) is 3.24. The lowest BCUT2D eigenvalue weighted by atomic mass is 9.80. The van der Waals surface area contributed by atoms with Crippen molar-refractivity contribution in [3.8, 4) is 5.75 Å². The van der Waals surface area contributed by atoms with E-state index in [0.29, 0.717) is 11.4 Å². The van der Waals surface area contributed by atoms with Gasteiger partial charge in [-0.3, -0.25) is 0 Å². The van der Waals surface area contributed by atoms with Gasteiger partial charge in [-0.25, -0.2) is 0 Å². The molecule has 2 saturated carbocycles. The second-order valence-corrected chi connectivity index (χ2v) is 5.69. The molecule has 96 valence electrons. The molecule has 2 aliphatic carbocycles. The molecule has 1 aromatic rings. The Bertz CT molecular complexity index is 421. The van der Waals surface area contributed by atoms with Gasteiger partial charge in [-0.05, 0) is 54.6 Å². The van der Waals surface area contributed by atoms with Crippen LogP contribution < -0.4 is 10.2 Å². The van der Waals surface area contributed by atoms with Crippen LogP contribution in [-0.2, 0) is 0 Å². The molecule has 2 aliphatic rings. The first-order valence-corrected chi connectivity index (χ1v) is 6.81. The number of rotatable bonds is 4. The van der Waals surface area contributed by atoms with Crippen molar-refractivity contribution in [3.05, 3.63) is 24.3 Å². The topological polar surface area (TPSA) is 49.7 Å². The van der Waals surface area contributed by atoms with Gasteiger partial charge in [-0.1, -0.05) is 18.6 Å². The van der Waals surface area contributed by atoms with Gasteiger partial charge in [-0.2, -0.15) is 0 Å². The summed E-state index contributed by atoms with van der Waals surface area (Å²) in [5, 5.41) is 18.2. The molecule has 0 spiro atoms. The molecule has 2 N–H and O–H groups in total. The molecule has 3 unspecified atom stereocenters. The molecule has 0 heterocycles. The Morgan fingerprint density at radius 2 is 2.11 bits per heavy atom. The van der Waals surface area contributed by atoms with Gasteiger partial charge >= 0.3 is 7.12 Å². The van der Waals surface area contributed by atoms with Crippen LogP contribution in [0.4, 0.5) is 0 Å². The highest BCUT2D eigenvalue weighted by atomic mass is 16.5. The number of fused-ring (bicyclic) bond motifs is 2. The Kier molecular flexibility index (Phi) is 3.31. The van der Waals surface area contributed by atoms with E-state index in [1.165, 1.54) is 25.7 Å². The summed E-state index contributed by atoms with van der Waals surface area (Å²) in [4.78, 5) is 0. The van der Waals surface area contributed by atoms with Gasteiger partial charge in [0.25, 0.3) is 0 Å². The predicted octanol–water partition coefficient (Wildman–Crippen LogP) is 1.18. The smallest absolute Gasteiger partial charge is 0.488 e. The number of hydrogen-bond donors (Lipinski definition) is 2. The molecule has 0 aliphatic heterocycles. The van der Waals surface area contributed by atoms with Crippen LogP contribution in [0.5, 0.6) is 5.75 Å². The van der Waals surface area contributed by atoms with E-state index in [9.17, 15) is 0 Å². The minimum absolute atomic E-state index is 0.487. The van der Waals surface area contributed by atoms with Crippen LogP contribution in [0.1, 0.15) is 25.7 Å². The van der Waals surface area contributed by atoms with Crippen LogP contribution >= 0.6 is 0 Å². The Labute approximate surface area is 108 Å². The second kappa shape index (κ2) is 4.94. The molecule has 1 aromatic carbocycles. The van der Waals surface area contributed by atoms with Crippen LogP contribution in [0.25, 0.3) is 0 Å². The van der Waals surface area contributed by atoms with Gasteiger partial charge in [0.2, 0.25) is 0 Å². The maximum atomic E-state index is 9.11. The molecule has 0 amide bonds. The Hall–Kier alpha value is -0.995. The van der Waals surface area contributed by atoms with E-state index in [2.05, 4.69) is 0 Å². The summed E-state index contributed by atoms with van der Waals surface area (Å²) in [7, 11) is -1.42. The molecule has 4 heteroatoms. The number of ether oxygens (including phenoxy) is 1. The lowest BCUT2D eigenvalue weighted by Gasteiger charge is -2.21. The normalized spacial score (nSPS) is 29.6. The minimum atomic E-state index is -1.42. The highest BCUT2D eigenvalue weighted by Gasteiger charge is 2.39. The third kappa shape index (κ3) is 2.40. The van der Waals surface area contributed by atoms with Gasteiger partial charge in [-0.15, -0.1) is 0 Å². The van der Waals surface area contributed by atoms with Gasteiger partial charge in [0, 0.05) is 0 Å². The van der Waals surface area contributed by atoms with E-state index >= 15 is 0 Å². The van der Waals surface area contributed by atoms with E-state index in [4.69, 9.17) is 14.8 Å². The van der Waals surface area contributed by atoms with E-state index in [1.54, 1.807) is 18.2 Å². The molecular weight excluding hydrogens is 227 g/mol. The quantitative estimate of drug-likeness (QED) is 0.784. The van der Waals surface area contributed by atoms with Crippen molar-refractivity contribution in [2.24, 2.45) is 17.8 Å². The zero-order valence-electron chi connectivity index (χ0n) is 10.5. The van der Waals surface area contributed by atoms with Gasteiger partial charge < -0.3 is 14.8 Å². The van der Waals surface area contributed by atoms with Gasteiger partial charge in [0.15, 0.2) is 0 Å². The third-order valence-corrected chi connectivity index (χ3v) is 4.50. The van der Waals surface area contributed by atoms with E-state index in [0.717, 1.165) is 24.2 Å². The standard InChI is InChI=1S/C14H19BO3/c16-15(17)13-2-1-3-14(8-13)18-9-12-7-10-4-5-11(12)6-10/h1-3,8,10-12,16-17H,4-7,9H2. The van der Waals surface area contributed by atoms with Crippen molar-refractivity contribution in [1.82, 2.24) is 0 Å². The minimum Gasteiger partial charge on any atom is -0.493 e. The molecule has 2 bridgehead atoms. The van der Waals surface area contributed by atoms with Crippen molar-refractivity contribution in [2.75, 3.05) is 6.61 Å². The predicted molar refractivity (Wildman–Crippen MR) is 70.7 cm³/mol. The Morgan fingerprint density at radius 3 is 2.78 bits per heavy atom. The third-order valence-electron chi connectivity index (χ3n) is 4.50. The fourth-order valence-corrected chi connectivity index (χ4v) is 3.55. The zero-order chi connectivity index (χ0) is 12.5. The van der Waals surface area contributed by atoms with Gasteiger partial charge in [0.05, 0.1) is 6.61 Å². The second-order valence-electron chi connectivity index (χ2n) is 5.69. The fraction of sp³-hybridized carbons (Fsp3) is 0.571. The van der Waals surface area contributed by atoms with Gasteiger partial charge in [0.1, 0.15) is 5.75 Å². The first-order valence-electron chi connectivity index (χ1n) is 6.81. The fourth-order valence-electron chi connectivity index (χ4n) is 3.55. The van der Waals surface area contributed by atoms with E-state index in [-0.39, 0.29) is 0 Å². The summed E-state index contributed by atoms with van der Waals surface area (Å²) >= 11 is 0. The molecule has 0 aromatic heterocycles. The highest BCUT2D eigenvalue weighted by Crippen LogP contribution is 2.48. The maximum Gasteiger partial charge on any atom is 0.488 e. The summed E-state index contributed by atoms with van der Waals surface area (Å²) in [6.07, 6.45) is 5.48. The lowest BCUT2D eigenvalue weighted by Crippen LogP contribution is -2.29. The molecule has 2 fully saturated rings. The zero-order valence-corrected chi connectivity index (χ0v) is 10.5. The molecule has 0 radical (unpaired) electrons.